The Morgan fingerprint density at radius 2 is 1.80 bits per heavy atom. The van der Waals surface area contributed by atoms with Gasteiger partial charge in [-0.2, -0.15) is 5.26 Å². The molecule has 2 rings (SSSR count). The molecule has 0 saturated heterocycles. The quantitative estimate of drug-likeness (QED) is 0.846. The number of hydrogen-bond donors (Lipinski definition) is 2. The smallest absolute Gasteiger partial charge is 0.262 e. The lowest BCUT2D eigenvalue weighted by atomic mass is 10.2. The van der Waals surface area contributed by atoms with E-state index in [-0.39, 0.29) is 4.90 Å². The number of nitrogens with one attached hydrogen (secondary N) is 1. The molecule has 3 N–H and O–H groups in total. The fraction of sp³-hybridized carbons (Fsp3) is 0.0714. The van der Waals surface area contributed by atoms with E-state index < -0.39 is 10.0 Å². The van der Waals surface area contributed by atoms with Crippen LogP contribution in [0.15, 0.2) is 47.4 Å². The Balaban J connectivity index is 2.40. The molecule has 0 aliphatic rings. The van der Waals surface area contributed by atoms with Gasteiger partial charge in [0.15, 0.2) is 0 Å². The van der Waals surface area contributed by atoms with E-state index in [1.165, 1.54) is 6.07 Å². The molecule has 0 radical (unpaired) electrons. The molecular formula is C14H13N3O2S. The summed E-state index contributed by atoms with van der Waals surface area (Å²) in [5.74, 6) is 0. The highest BCUT2D eigenvalue weighted by molar-refractivity contribution is 7.92. The Hall–Kier alpha value is -2.52. The summed E-state index contributed by atoms with van der Waals surface area (Å²) in [5, 5.41) is 8.86. The highest BCUT2D eigenvalue weighted by Crippen LogP contribution is 2.21. The standard InChI is InChI=1S/C14H13N3O2S/c1-10-2-3-11(9-15)8-14(10)20(18,19)17-13-6-4-12(16)5-7-13/h2-8,17H,16H2,1H3. The Morgan fingerprint density at radius 3 is 2.40 bits per heavy atom. The first kappa shape index (κ1) is 13.9. The first-order valence-electron chi connectivity index (χ1n) is 5.81. The maximum absolute atomic E-state index is 12.3. The van der Waals surface area contributed by atoms with Gasteiger partial charge in [0, 0.05) is 11.4 Å². The van der Waals surface area contributed by atoms with Crippen LogP contribution in [0.5, 0.6) is 0 Å². The molecule has 2 aromatic rings. The first-order chi connectivity index (χ1) is 9.42. The van der Waals surface area contributed by atoms with Gasteiger partial charge in [-0.15, -0.1) is 0 Å². The lowest BCUT2D eigenvalue weighted by Crippen LogP contribution is -2.14. The van der Waals surface area contributed by atoms with Crippen LogP contribution in [0.2, 0.25) is 0 Å². The summed E-state index contributed by atoms with van der Waals surface area (Å²) in [6.07, 6.45) is 0. The zero-order valence-electron chi connectivity index (χ0n) is 10.8. The minimum Gasteiger partial charge on any atom is -0.399 e. The number of aryl methyl sites for hydroxylation is 1. The van der Waals surface area contributed by atoms with E-state index in [0.29, 0.717) is 22.5 Å². The van der Waals surface area contributed by atoms with Crippen LogP contribution in [-0.2, 0) is 10.0 Å². The summed E-state index contributed by atoms with van der Waals surface area (Å²) in [6.45, 7) is 1.68. The number of nitriles is 1. The number of hydrogen-bond acceptors (Lipinski definition) is 4. The van der Waals surface area contributed by atoms with Crippen molar-refractivity contribution in [1.29, 1.82) is 5.26 Å². The maximum atomic E-state index is 12.3. The molecule has 0 heterocycles. The van der Waals surface area contributed by atoms with Crippen LogP contribution < -0.4 is 10.5 Å². The minimum absolute atomic E-state index is 0.0911. The minimum atomic E-state index is -3.73. The van der Waals surface area contributed by atoms with Crippen molar-refractivity contribution in [3.05, 3.63) is 53.6 Å². The normalized spacial score (nSPS) is 10.8. The molecule has 0 aromatic heterocycles. The van der Waals surface area contributed by atoms with E-state index in [1.807, 2.05) is 6.07 Å². The molecule has 20 heavy (non-hydrogen) atoms. The topological polar surface area (TPSA) is 96.0 Å². The summed E-state index contributed by atoms with van der Waals surface area (Å²) in [7, 11) is -3.73. The molecule has 0 bridgehead atoms. The van der Waals surface area contributed by atoms with Gasteiger partial charge in [-0.1, -0.05) is 6.07 Å². The number of nitrogens with zero attached hydrogens (tertiary/aromatic N) is 1. The molecule has 0 aliphatic heterocycles. The molecule has 0 fully saturated rings. The van der Waals surface area contributed by atoms with E-state index in [0.717, 1.165) is 0 Å². The molecular weight excluding hydrogens is 274 g/mol. The Labute approximate surface area is 117 Å². The van der Waals surface area contributed by atoms with Gasteiger partial charge in [0.25, 0.3) is 10.0 Å². The first-order valence-corrected chi connectivity index (χ1v) is 7.30. The Kier molecular flexibility index (Phi) is 3.63. The summed E-state index contributed by atoms with van der Waals surface area (Å²) < 4.78 is 27.1. The lowest BCUT2D eigenvalue weighted by Gasteiger charge is -2.10. The molecule has 5 nitrogen and oxygen atoms in total. The van der Waals surface area contributed by atoms with Crippen LogP contribution in [0.3, 0.4) is 0 Å². The molecule has 2 aromatic carbocycles. The highest BCUT2D eigenvalue weighted by atomic mass is 32.2. The van der Waals surface area contributed by atoms with Crippen molar-refractivity contribution in [2.45, 2.75) is 11.8 Å². The van der Waals surface area contributed by atoms with Crippen LogP contribution in [0.1, 0.15) is 11.1 Å². The summed E-state index contributed by atoms with van der Waals surface area (Å²) in [4.78, 5) is 0.0911. The third-order valence-electron chi connectivity index (χ3n) is 2.77. The number of anilines is 2. The van der Waals surface area contributed by atoms with Gasteiger partial charge in [-0.25, -0.2) is 8.42 Å². The van der Waals surface area contributed by atoms with E-state index in [9.17, 15) is 8.42 Å². The van der Waals surface area contributed by atoms with Gasteiger partial charge < -0.3 is 5.73 Å². The average molecular weight is 287 g/mol. The van der Waals surface area contributed by atoms with E-state index in [2.05, 4.69) is 4.72 Å². The highest BCUT2D eigenvalue weighted by Gasteiger charge is 2.17. The zero-order valence-corrected chi connectivity index (χ0v) is 11.6. The third-order valence-corrected chi connectivity index (χ3v) is 4.29. The van der Waals surface area contributed by atoms with Crippen molar-refractivity contribution in [2.75, 3.05) is 10.5 Å². The molecule has 0 amide bonds. The largest absolute Gasteiger partial charge is 0.399 e. The molecule has 6 heteroatoms. The number of nitrogen functional groups attached to an aromatic ring is 1. The summed E-state index contributed by atoms with van der Waals surface area (Å²) in [6, 6.07) is 12.8. The van der Waals surface area contributed by atoms with Crippen LogP contribution in [0.25, 0.3) is 0 Å². The van der Waals surface area contributed by atoms with E-state index >= 15 is 0 Å². The average Bonchev–Trinajstić information content (AvgIpc) is 2.41. The van der Waals surface area contributed by atoms with E-state index in [1.54, 1.807) is 43.3 Å². The lowest BCUT2D eigenvalue weighted by molar-refractivity contribution is 0.600. The fourth-order valence-corrected chi connectivity index (χ4v) is 3.05. The predicted molar refractivity (Wildman–Crippen MR) is 77.6 cm³/mol. The number of rotatable bonds is 3. The monoisotopic (exact) mass is 287 g/mol. The van der Waals surface area contributed by atoms with Crippen molar-refractivity contribution >= 4 is 21.4 Å². The third kappa shape index (κ3) is 2.90. The van der Waals surface area contributed by atoms with Gasteiger partial charge in [0.2, 0.25) is 0 Å². The van der Waals surface area contributed by atoms with Crippen LogP contribution in [-0.4, -0.2) is 8.42 Å². The number of nitrogens with two attached hydrogens (primary N) is 1. The zero-order chi connectivity index (χ0) is 14.8. The predicted octanol–water partition coefficient (Wildman–Crippen LogP) is 2.25. The van der Waals surface area contributed by atoms with Crippen LogP contribution in [0, 0.1) is 18.3 Å². The Bertz CT molecular complexity index is 775. The molecule has 0 atom stereocenters. The molecule has 102 valence electrons. The second-order valence-corrected chi connectivity index (χ2v) is 5.97. The van der Waals surface area contributed by atoms with Crippen molar-refractivity contribution in [1.82, 2.24) is 0 Å². The van der Waals surface area contributed by atoms with Gasteiger partial charge in [-0.3, -0.25) is 4.72 Å². The second kappa shape index (κ2) is 5.23. The van der Waals surface area contributed by atoms with Gasteiger partial charge in [0.1, 0.15) is 0 Å². The number of benzene rings is 2. The molecule has 0 spiro atoms. The van der Waals surface area contributed by atoms with Gasteiger partial charge in [-0.05, 0) is 48.9 Å². The second-order valence-electron chi connectivity index (χ2n) is 4.32. The molecule has 0 aliphatic carbocycles. The number of sulfonamides is 1. The van der Waals surface area contributed by atoms with Crippen LogP contribution >= 0.6 is 0 Å². The van der Waals surface area contributed by atoms with Crippen molar-refractivity contribution in [3.8, 4) is 6.07 Å². The maximum Gasteiger partial charge on any atom is 0.262 e. The SMILES string of the molecule is Cc1ccc(C#N)cc1S(=O)(=O)Nc1ccc(N)cc1. The van der Waals surface area contributed by atoms with E-state index in [4.69, 9.17) is 11.0 Å². The van der Waals surface area contributed by atoms with Crippen molar-refractivity contribution < 1.29 is 8.42 Å². The van der Waals surface area contributed by atoms with Crippen LogP contribution in [0.4, 0.5) is 11.4 Å². The Morgan fingerprint density at radius 1 is 1.15 bits per heavy atom. The summed E-state index contributed by atoms with van der Waals surface area (Å²) in [5.41, 5.74) is 7.39. The van der Waals surface area contributed by atoms with Crippen molar-refractivity contribution in [3.63, 3.8) is 0 Å². The molecule has 0 saturated carbocycles. The molecule has 0 unspecified atom stereocenters. The van der Waals surface area contributed by atoms with Gasteiger partial charge >= 0.3 is 0 Å². The fourth-order valence-electron chi connectivity index (χ4n) is 1.72. The summed E-state index contributed by atoms with van der Waals surface area (Å²) >= 11 is 0. The van der Waals surface area contributed by atoms with Gasteiger partial charge in [0.05, 0.1) is 16.5 Å². The van der Waals surface area contributed by atoms with Crippen molar-refractivity contribution in [2.24, 2.45) is 0 Å².